The number of para-hydroxylation sites is 1. The van der Waals surface area contributed by atoms with Crippen molar-refractivity contribution < 1.29 is 4.79 Å². The SMILES string of the molecule is CCc1ccc(-n2c(C)cc([C@@H]3[C@H](c4ccccn4)NC(=S)N3CCC(=O)Nc3ccccc3CC)c2C)cc1. The normalized spacial score (nSPS) is 16.7. The second-order valence-corrected chi connectivity index (χ2v) is 10.7. The molecule has 40 heavy (non-hydrogen) atoms. The second kappa shape index (κ2) is 12.0. The van der Waals surface area contributed by atoms with Gasteiger partial charge in [-0.3, -0.25) is 9.78 Å². The average molecular weight is 552 g/mol. The van der Waals surface area contributed by atoms with Crippen LogP contribution in [0.1, 0.15) is 66.1 Å². The molecule has 1 aliphatic rings. The minimum atomic E-state index is -0.131. The Morgan fingerprint density at radius 1 is 1.00 bits per heavy atom. The molecule has 4 aromatic rings. The summed E-state index contributed by atoms with van der Waals surface area (Å²) in [5.41, 5.74) is 8.88. The molecule has 1 aliphatic heterocycles. The van der Waals surface area contributed by atoms with Gasteiger partial charge in [0.1, 0.15) is 0 Å². The summed E-state index contributed by atoms with van der Waals surface area (Å²) in [6.07, 6.45) is 4.01. The molecule has 0 unspecified atom stereocenters. The third-order valence-corrected chi connectivity index (χ3v) is 8.19. The molecule has 0 spiro atoms. The van der Waals surface area contributed by atoms with E-state index < -0.39 is 0 Å². The Balaban J connectivity index is 1.46. The zero-order chi connectivity index (χ0) is 28.2. The Morgan fingerprint density at radius 2 is 1.75 bits per heavy atom. The summed E-state index contributed by atoms with van der Waals surface area (Å²) in [6.45, 7) is 9.07. The Bertz CT molecular complexity index is 1500. The maximum Gasteiger partial charge on any atom is 0.226 e. The minimum absolute atomic E-state index is 0.0229. The molecule has 2 aromatic carbocycles. The highest BCUT2D eigenvalue weighted by Crippen LogP contribution is 2.41. The lowest BCUT2D eigenvalue weighted by molar-refractivity contribution is -0.116. The summed E-state index contributed by atoms with van der Waals surface area (Å²) in [5.74, 6) is -0.0229. The smallest absolute Gasteiger partial charge is 0.226 e. The molecule has 0 saturated carbocycles. The van der Waals surface area contributed by atoms with E-state index in [1.54, 1.807) is 0 Å². The Kier molecular flexibility index (Phi) is 8.31. The predicted octanol–water partition coefficient (Wildman–Crippen LogP) is 6.62. The number of amides is 1. The molecule has 0 bridgehead atoms. The Labute approximate surface area is 242 Å². The zero-order valence-electron chi connectivity index (χ0n) is 23.6. The predicted molar refractivity (Wildman–Crippen MR) is 166 cm³/mol. The van der Waals surface area contributed by atoms with Crippen molar-refractivity contribution in [3.63, 3.8) is 0 Å². The van der Waals surface area contributed by atoms with Gasteiger partial charge in [0.15, 0.2) is 5.11 Å². The van der Waals surface area contributed by atoms with E-state index in [0.29, 0.717) is 18.1 Å². The van der Waals surface area contributed by atoms with E-state index in [-0.39, 0.29) is 18.0 Å². The van der Waals surface area contributed by atoms with Crippen LogP contribution in [0.5, 0.6) is 0 Å². The molecule has 206 valence electrons. The summed E-state index contributed by atoms with van der Waals surface area (Å²) >= 11 is 5.87. The van der Waals surface area contributed by atoms with Crippen LogP contribution in [0.3, 0.4) is 0 Å². The molecular formula is C33H37N5OS. The van der Waals surface area contributed by atoms with Crippen LogP contribution in [0.15, 0.2) is 79.0 Å². The lowest BCUT2D eigenvalue weighted by atomic mass is 9.96. The van der Waals surface area contributed by atoms with Gasteiger partial charge in [-0.25, -0.2) is 0 Å². The molecule has 1 saturated heterocycles. The molecule has 1 fully saturated rings. The van der Waals surface area contributed by atoms with Crippen molar-refractivity contribution in [3.05, 3.63) is 113 Å². The Morgan fingerprint density at radius 3 is 2.45 bits per heavy atom. The van der Waals surface area contributed by atoms with Crippen LogP contribution >= 0.6 is 12.2 Å². The van der Waals surface area contributed by atoms with Gasteiger partial charge in [-0.1, -0.05) is 50.2 Å². The van der Waals surface area contributed by atoms with Crippen LogP contribution in [-0.4, -0.2) is 32.0 Å². The number of anilines is 1. The number of benzene rings is 2. The first-order chi connectivity index (χ1) is 19.4. The van der Waals surface area contributed by atoms with Crippen molar-refractivity contribution >= 4 is 28.9 Å². The van der Waals surface area contributed by atoms with Gasteiger partial charge in [-0.15, -0.1) is 0 Å². The van der Waals surface area contributed by atoms with Crippen molar-refractivity contribution in [2.24, 2.45) is 0 Å². The number of rotatable bonds is 9. The van der Waals surface area contributed by atoms with Gasteiger partial charge in [-0.2, -0.15) is 0 Å². The fraction of sp³-hybridized carbons (Fsp3) is 0.303. The third kappa shape index (κ3) is 5.52. The van der Waals surface area contributed by atoms with Crippen molar-refractivity contribution in [2.45, 2.75) is 59.0 Å². The van der Waals surface area contributed by atoms with Gasteiger partial charge < -0.3 is 20.1 Å². The average Bonchev–Trinajstić information content (AvgIpc) is 3.46. The molecule has 2 atom stereocenters. The van der Waals surface area contributed by atoms with Crippen molar-refractivity contribution in [1.82, 2.24) is 19.8 Å². The number of hydrogen-bond donors (Lipinski definition) is 2. The van der Waals surface area contributed by atoms with E-state index in [4.69, 9.17) is 12.2 Å². The minimum Gasteiger partial charge on any atom is -0.352 e. The quantitative estimate of drug-likeness (QED) is 0.229. The van der Waals surface area contributed by atoms with Gasteiger partial charge in [-0.05, 0) is 92.0 Å². The van der Waals surface area contributed by atoms with E-state index in [1.165, 1.54) is 11.1 Å². The van der Waals surface area contributed by atoms with E-state index in [2.05, 4.69) is 83.1 Å². The molecule has 0 aliphatic carbocycles. The fourth-order valence-electron chi connectivity index (χ4n) is 5.74. The van der Waals surface area contributed by atoms with E-state index in [9.17, 15) is 4.79 Å². The third-order valence-electron chi connectivity index (χ3n) is 7.84. The number of nitrogens with one attached hydrogen (secondary N) is 2. The lowest BCUT2D eigenvalue weighted by Gasteiger charge is -2.28. The van der Waals surface area contributed by atoms with Crippen molar-refractivity contribution in [1.29, 1.82) is 0 Å². The van der Waals surface area contributed by atoms with Gasteiger partial charge in [0.2, 0.25) is 5.91 Å². The molecule has 7 heteroatoms. The zero-order valence-corrected chi connectivity index (χ0v) is 24.5. The number of pyridine rings is 1. The van der Waals surface area contributed by atoms with Crippen LogP contribution in [0.4, 0.5) is 5.69 Å². The van der Waals surface area contributed by atoms with Crippen LogP contribution in [0, 0.1) is 13.8 Å². The molecule has 2 N–H and O–H groups in total. The summed E-state index contributed by atoms with van der Waals surface area (Å²) < 4.78 is 2.30. The first-order valence-electron chi connectivity index (χ1n) is 14.0. The highest BCUT2D eigenvalue weighted by atomic mass is 32.1. The van der Waals surface area contributed by atoms with Gasteiger partial charge >= 0.3 is 0 Å². The molecule has 3 heterocycles. The number of thiocarbonyl (C=S) groups is 1. The van der Waals surface area contributed by atoms with Gasteiger partial charge in [0, 0.05) is 41.9 Å². The maximum atomic E-state index is 13.1. The van der Waals surface area contributed by atoms with Crippen LogP contribution in [0.2, 0.25) is 0 Å². The molecule has 2 aromatic heterocycles. The summed E-state index contributed by atoms with van der Waals surface area (Å²) in [7, 11) is 0. The van der Waals surface area contributed by atoms with E-state index >= 15 is 0 Å². The number of aromatic nitrogens is 2. The fourth-order valence-corrected chi connectivity index (χ4v) is 6.07. The molecular weight excluding hydrogens is 514 g/mol. The van der Waals surface area contributed by atoms with E-state index in [0.717, 1.165) is 46.9 Å². The number of carbonyl (C=O) groups excluding carboxylic acids is 1. The molecule has 1 amide bonds. The largest absolute Gasteiger partial charge is 0.352 e. The lowest BCUT2D eigenvalue weighted by Crippen LogP contribution is -2.33. The number of nitrogens with zero attached hydrogens (tertiary/aromatic N) is 3. The number of hydrogen-bond acceptors (Lipinski definition) is 3. The Hall–Kier alpha value is -3.97. The molecule has 6 nitrogen and oxygen atoms in total. The topological polar surface area (TPSA) is 62.2 Å². The van der Waals surface area contributed by atoms with Gasteiger partial charge in [0.25, 0.3) is 0 Å². The van der Waals surface area contributed by atoms with Crippen molar-refractivity contribution in [2.75, 3.05) is 11.9 Å². The first-order valence-corrected chi connectivity index (χ1v) is 14.5. The number of aryl methyl sites for hydroxylation is 3. The van der Waals surface area contributed by atoms with Gasteiger partial charge in [0.05, 0.1) is 17.8 Å². The molecule has 0 radical (unpaired) electrons. The van der Waals surface area contributed by atoms with Crippen LogP contribution in [0.25, 0.3) is 5.69 Å². The van der Waals surface area contributed by atoms with Crippen LogP contribution in [-0.2, 0) is 17.6 Å². The second-order valence-electron chi connectivity index (χ2n) is 10.3. The molecule has 5 rings (SSSR count). The van der Waals surface area contributed by atoms with Crippen molar-refractivity contribution in [3.8, 4) is 5.69 Å². The summed E-state index contributed by atoms with van der Waals surface area (Å²) in [6, 6.07) is 24.7. The number of carbonyl (C=O) groups is 1. The highest BCUT2D eigenvalue weighted by Gasteiger charge is 2.41. The van der Waals surface area contributed by atoms with E-state index in [1.807, 2.05) is 48.7 Å². The maximum absolute atomic E-state index is 13.1. The summed E-state index contributed by atoms with van der Waals surface area (Å²) in [5, 5.41) is 7.27. The van der Waals surface area contributed by atoms with Crippen LogP contribution < -0.4 is 10.6 Å². The monoisotopic (exact) mass is 551 g/mol. The summed E-state index contributed by atoms with van der Waals surface area (Å²) in [4.78, 5) is 19.9. The highest BCUT2D eigenvalue weighted by molar-refractivity contribution is 7.80. The first kappa shape index (κ1) is 27.6. The standard InChI is InChI=1S/C33H37N5OS/c1-5-24-14-16-26(17-15-24)38-22(3)21-27(23(38)4)32-31(29-13-9-10-19-34-29)36-33(40)37(32)20-18-30(39)35-28-12-8-7-11-25(28)6-2/h7-17,19,21,31-32H,5-6,18,20H2,1-4H3,(H,35,39)(H,36,40)/t31-,32+/m0/s1.